The van der Waals surface area contributed by atoms with Crippen LogP contribution in [0.5, 0.6) is 0 Å². The quantitative estimate of drug-likeness (QED) is 0.866. The van der Waals surface area contributed by atoms with E-state index in [4.69, 9.17) is 4.74 Å². The molecule has 1 unspecified atom stereocenters. The monoisotopic (exact) mass is 265 g/mol. The smallest absolute Gasteiger partial charge is 0.327 e. The average Bonchev–Trinajstić information content (AvgIpc) is 2.38. The minimum atomic E-state index is -0.356. The highest BCUT2D eigenvalue weighted by Crippen LogP contribution is 2.23. The van der Waals surface area contributed by atoms with Gasteiger partial charge in [0.15, 0.2) is 0 Å². The fourth-order valence-corrected chi connectivity index (χ4v) is 1.82. The third-order valence-corrected chi connectivity index (χ3v) is 2.72. The molecule has 0 amide bonds. The Morgan fingerprint density at radius 1 is 1.17 bits per heavy atom. The summed E-state index contributed by atoms with van der Waals surface area (Å²) < 4.78 is 4.69. The Labute approximate surface area is 113 Å². The number of hydrogen-bond acceptors (Lipinski definition) is 3. The van der Waals surface area contributed by atoms with Crippen LogP contribution in [-0.2, 0) is 9.53 Å². The number of nitrogens with one attached hydrogen (secondary N) is 1. The number of carbonyl (C=O) groups excluding carboxylic acids is 1. The summed E-state index contributed by atoms with van der Waals surface area (Å²) >= 11 is 0. The van der Waals surface area contributed by atoms with Crippen molar-refractivity contribution in [3.63, 3.8) is 0 Å². The van der Waals surface area contributed by atoms with Crippen LogP contribution in [0.3, 0.4) is 0 Å². The first-order chi connectivity index (χ1) is 8.22. The van der Waals surface area contributed by atoms with Crippen LogP contribution in [0, 0.1) is 0 Å². The molecule has 0 aromatic heterocycles. The average molecular weight is 266 g/mol. The molecule has 2 aromatic rings. The lowest BCUT2D eigenvalue weighted by Gasteiger charge is -2.14. The number of rotatable bonds is 3. The summed E-state index contributed by atoms with van der Waals surface area (Å²) in [7, 11) is 1.39. The molecule has 0 heterocycles. The zero-order chi connectivity index (χ0) is 12.3. The molecule has 0 aliphatic rings. The van der Waals surface area contributed by atoms with Crippen LogP contribution in [0.25, 0.3) is 10.8 Å². The number of halogens is 1. The maximum Gasteiger partial charge on any atom is 0.327 e. The van der Waals surface area contributed by atoms with Crippen molar-refractivity contribution in [1.29, 1.82) is 0 Å². The normalized spacial score (nSPS) is 11.4. The van der Waals surface area contributed by atoms with Gasteiger partial charge in [-0.1, -0.05) is 36.4 Å². The summed E-state index contributed by atoms with van der Waals surface area (Å²) in [5.74, 6) is -0.266. The van der Waals surface area contributed by atoms with Gasteiger partial charge in [-0.2, -0.15) is 0 Å². The second kappa shape index (κ2) is 6.26. The van der Waals surface area contributed by atoms with E-state index in [2.05, 4.69) is 5.32 Å². The van der Waals surface area contributed by atoms with Crippen LogP contribution in [0.4, 0.5) is 5.69 Å². The van der Waals surface area contributed by atoms with Gasteiger partial charge in [0.2, 0.25) is 0 Å². The predicted molar refractivity (Wildman–Crippen MR) is 76.3 cm³/mol. The Kier molecular flexibility index (Phi) is 4.98. The number of carbonyl (C=O) groups is 1. The van der Waals surface area contributed by atoms with Gasteiger partial charge < -0.3 is 10.1 Å². The van der Waals surface area contributed by atoms with Gasteiger partial charge in [0.05, 0.1) is 7.11 Å². The van der Waals surface area contributed by atoms with E-state index in [9.17, 15) is 4.79 Å². The molecule has 0 saturated carbocycles. The molecule has 2 aromatic carbocycles. The lowest BCUT2D eigenvalue weighted by molar-refractivity contribution is -0.141. The van der Waals surface area contributed by atoms with Gasteiger partial charge in [-0.15, -0.1) is 12.4 Å². The number of esters is 1. The standard InChI is InChI=1S/C14H15NO2.ClH/c1-10(14(16)17-2)15-13-9-5-7-11-6-3-4-8-12(11)13;/h3-10,15H,1-2H3;1H. The van der Waals surface area contributed by atoms with Crippen LogP contribution >= 0.6 is 12.4 Å². The molecule has 4 heteroatoms. The van der Waals surface area contributed by atoms with Crippen molar-refractivity contribution in [2.75, 3.05) is 12.4 Å². The van der Waals surface area contributed by atoms with Crippen molar-refractivity contribution < 1.29 is 9.53 Å². The fraction of sp³-hybridized carbons (Fsp3) is 0.214. The molecule has 0 radical (unpaired) electrons. The summed E-state index contributed by atoms with van der Waals surface area (Å²) in [5, 5.41) is 5.41. The Hall–Kier alpha value is -1.74. The molecule has 18 heavy (non-hydrogen) atoms. The van der Waals surface area contributed by atoms with E-state index in [-0.39, 0.29) is 24.4 Å². The molecule has 0 spiro atoms. The van der Waals surface area contributed by atoms with Crippen molar-refractivity contribution in [2.24, 2.45) is 0 Å². The Balaban J connectivity index is 0.00000162. The molecular weight excluding hydrogens is 250 g/mol. The number of hydrogen-bond donors (Lipinski definition) is 1. The number of anilines is 1. The van der Waals surface area contributed by atoms with E-state index in [1.165, 1.54) is 7.11 Å². The lowest BCUT2D eigenvalue weighted by atomic mass is 10.1. The fourth-order valence-electron chi connectivity index (χ4n) is 1.82. The van der Waals surface area contributed by atoms with E-state index in [0.29, 0.717) is 0 Å². The lowest BCUT2D eigenvalue weighted by Crippen LogP contribution is -2.27. The first kappa shape index (κ1) is 14.3. The zero-order valence-electron chi connectivity index (χ0n) is 10.3. The minimum absolute atomic E-state index is 0. The van der Waals surface area contributed by atoms with Gasteiger partial charge in [-0.25, -0.2) is 4.79 Å². The molecule has 0 aliphatic heterocycles. The van der Waals surface area contributed by atoms with Crippen molar-refractivity contribution in [1.82, 2.24) is 0 Å². The number of fused-ring (bicyclic) bond motifs is 1. The van der Waals surface area contributed by atoms with Crippen LogP contribution in [0.2, 0.25) is 0 Å². The van der Waals surface area contributed by atoms with Gasteiger partial charge in [-0.3, -0.25) is 0 Å². The molecule has 0 saturated heterocycles. The number of ether oxygens (including phenoxy) is 1. The molecule has 2 rings (SSSR count). The summed E-state index contributed by atoms with van der Waals surface area (Å²) in [5.41, 5.74) is 0.945. The van der Waals surface area contributed by atoms with E-state index in [0.717, 1.165) is 16.5 Å². The SMILES string of the molecule is COC(=O)C(C)Nc1cccc2ccccc12.Cl. The van der Waals surface area contributed by atoms with Crippen molar-refractivity contribution >= 4 is 34.8 Å². The van der Waals surface area contributed by atoms with E-state index >= 15 is 0 Å². The summed E-state index contributed by atoms with van der Waals surface area (Å²) in [6, 6.07) is 13.7. The van der Waals surface area contributed by atoms with Crippen molar-refractivity contribution in [2.45, 2.75) is 13.0 Å². The Bertz CT molecular complexity index is 537. The maximum absolute atomic E-state index is 11.4. The highest BCUT2D eigenvalue weighted by atomic mass is 35.5. The van der Waals surface area contributed by atoms with Gasteiger partial charge in [-0.05, 0) is 18.4 Å². The van der Waals surface area contributed by atoms with E-state index in [1.807, 2.05) is 42.5 Å². The van der Waals surface area contributed by atoms with Gasteiger partial charge in [0, 0.05) is 11.1 Å². The first-order valence-corrected chi connectivity index (χ1v) is 5.54. The third-order valence-electron chi connectivity index (χ3n) is 2.72. The van der Waals surface area contributed by atoms with E-state index < -0.39 is 0 Å². The highest BCUT2D eigenvalue weighted by Gasteiger charge is 2.13. The third kappa shape index (κ3) is 2.93. The number of benzene rings is 2. The van der Waals surface area contributed by atoms with Gasteiger partial charge in [0.1, 0.15) is 6.04 Å². The topological polar surface area (TPSA) is 38.3 Å². The van der Waals surface area contributed by atoms with Gasteiger partial charge >= 0.3 is 5.97 Å². The molecule has 0 fully saturated rings. The second-order valence-corrected chi connectivity index (χ2v) is 3.92. The zero-order valence-corrected chi connectivity index (χ0v) is 11.2. The van der Waals surface area contributed by atoms with Crippen molar-refractivity contribution in [3.05, 3.63) is 42.5 Å². The Morgan fingerprint density at radius 3 is 2.56 bits per heavy atom. The summed E-state index contributed by atoms with van der Waals surface area (Å²) in [4.78, 5) is 11.4. The minimum Gasteiger partial charge on any atom is -0.467 e. The Morgan fingerprint density at radius 2 is 1.83 bits per heavy atom. The summed E-state index contributed by atoms with van der Waals surface area (Å²) in [6.07, 6.45) is 0. The summed E-state index contributed by atoms with van der Waals surface area (Å²) in [6.45, 7) is 1.79. The van der Waals surface area contributed by atoms with Crippen LogP contribution in [-0.4, -0.2) is 19.1 Å². The maximum atomic E-state index is 11.4. The first-order valence-electron chi connectivity index (χ1n) is 5.54. The highest BCUT2D eigenvalue weighted by molar-refractivity contribution is 5.95. The van der Waals surface area contributed by atoms with Gasteiger partial charge in [0.25, 0.3) is 0 Å². The van der Waals surface area contributed by atoms with E-state index in [1.54, 1.807) is 6.92 Å². The van der Waals surface area contributed by atoms with Crippen LogP contribution in [0.15, 0.2) is 42.5 Å². The number of methoxy groups -OCH3 is 1. The predicted octanol–water partition coefficient (Wildman–Crippen LogP) is 3.24. The molecule has 1 N–H and O–H groups in total. The molecule has 1 atom stereocenters. The van der Waals surface area contributed by atoms with Crippen LogP contribution < -0.4 is 5.32 Å². The van der Waals surface area contributed by atoms with Crippen LogP contribution in [0.1, 0.15) is 6.92 Å². The molecule has 3 nitrogen and oxygen atoms in total. The van der Waals surface area contributed by atoms with Crippen molar-refractivity contribution in [3.8, 4) is 0 Å². The second-order valence-electron chi connectivity index (χ2n) is 3.92. The molecule has 96 valence electrons. The molecule has 0 bridgehead atoms. The largest absolute Gasteiger partial charge is 0.467 e. The molecular formula is C14H16ClNO2. The molecule has 0 aliphatic carbocycles.